The second-order valence-electron chi connectivity index (χ2n) is 6.45. The topological polar surface area (TPSA) is 32.3 Å². The summed E-state index contributed by atoms with van der Waals surface area (Å²) >= 11 is 1.97. The first-order valence-electron chi connectivity index (χ1n) is 7.25. The molecule has 3 heteroatoms. The molecule has 4 fully saturated rings. The first kappa shape index (κ1) is 12.3. The molecule has 0 radical (unpaired) electrons. The molecular weight excluding hydrogens is 230 g/mol. The second-order valence-corrected chi connectivity index (χ2v) is 7.55. The number of thioether (sulfide) groups is 1. The van der Waals surface area contributed by atoms with Crippen molar-refractivity contribution in [2.24, 2.45) is 17.8 Å². The van der Waals surface area contributed by atoms with Crippen LogP contribution in [0.3, 0.4) is 0 Å². The van der Waals surface area contributed by atoms with E-state index in [1.807, 2.05) is 11.8 Å². The van der Waals surface area contributed by atoms with Crippen molar-refractivity contribution in [1.82, 2.24) is 5.32 Å². The number of nitrogens with one attached hydrogen (secondary N) is 1. The van der Waals surface area contributed by atoms with Crippen molar-refractivity contribution >= 4 is 11.8 Å². The maximum Gasteiger partial charge on any atom is 0.0808 e. The monoisotopic (exact) mass is 255 g/mol. The Labute approximate surface area is 109 Å². The zero-order valence-electron chi connectivity index (χ0n) is 10.8. The second kappa shape index (κ2) is 4.75. The Morgan fingerprint density at radius 3 is 2.53 bits per heavy atom. The molecule has 0 aromatic heterocycles. The molecule has 0 saturated heterocycles. The Balaban J connectivity index is 1.60. The lowest BCUT2D eigenvalue weighted by molar-refractivity contribution is -0.148. The van der Waals surface area contributed by atoms with Crippen LogP contribution in [0.2, 0.25) is 0 Å². The van der Waals surface area contributed by atoms with Crippen molar-refractivity contribution < 1.29 is 5.11 Å². The van der Waals surface area contributed by atoms with E-state index in [1.165, 1.54) is 31.4 Å². The lowest BCUT2D eigenvalue weighted by Crippen LogP contribution is -2.65. The van der Waals surface area contributed by atoms with Gasteiger partial charge in [-0.05, 0) is 62.0 Å². The van der Waals surface area contributed by atoms with E-state index in [2.05, 4.69) is 12.2 Å². The van der Waals surface area contributed by atoms with Crippen LogP contribution < -0.4 is 5.32 Å². The third-order valence-electron chi connectivity index (χ3n) is 5.03. The van der Waals surface area contributed by atoms with Crippen LogP contribution in [0.15, 0.2) is 0 Å². The van der Waals surface area contributed by atoms with E-state index < -0.39 is 0 Å². The Morgan fingerprint density at radius 2 is 1.94 bits per heavy atom. The van der Waals surface area contributed by atoms with Gasteiger partial charge in [0.05, 0.1) is 5.60 Å². The van der Waals surface area contributed by atoms with Gasteiger partial charge in [0.15, 0.2) is 0 Å². The van der Waals surface area contributed by atoms with Gasteiger partial charge in [-0.3, -0.25) is 0 Å². The lowest BCUT2D eigenvalue weighted by Gasteiger charge is -2.59. The molecule has 4 aliphatic rings. The number of aliphatic hydroxyl groups is 1. The van der Waals surface area contributed by atoms with E-state index in [0.717, 1.165) is 36.5 Å². The molecule has 4 bridgehead atoms. The van der Waals surface area contributed by atoms with Gasteiger partial charge in [-0.25, -0.2) is 0 Å². The number of hydrogen-bond acceptors (Lipinski definition) is 3. The zero-order valence-corrected chi connectivity index (χ0v) is 11.6. The van der Waals surface area contributed by atoms with Crippen LogP contribution >= 0.6 is 11.8 Å². The standard InChI is InChI=1S/C14H25NOS/c1-2-3-17-9-15-13-12-5-10-4-11(6-12)8-14(13,16)7-10/h10-13,15-16H,2-9H2,1H3. The Morgan fingerprint density at radius 1 is 1.24 bits per heavy atom. The van der Waals surface area contributed by atoms with Gasteiger partial charge in [0.25, 0.3) is 0 Å². The quantitative estimate of drug-likeness (QED) is 0.585. The Kier molecular flexibility index (Phi) is 3.44. The molecule has 0 aliphatic heterocycles. The smallest absolute Gasteiger partial charge is 0.0808 e. The van der Waals surface area contributed by atoms with Crippen molar-refractivity contribution in [3.05, 3.63) is 0 Å². The van der Waals surface area contributed by atoms with Crippen LogP contribution in [0.1, 0.15) is 45.4 Å². The molecule has 3 atom stereocenters. The molecule has 0 heterocycles. The molecule has 4 aliphatic carbocycles. The number of hydrogen-bond donors (Lipinski definition) is 2. The van der Waals surface area contributed by atoms with Gasteiger partial charge >= 0.3 is 0 Å². The van der Waals surface area contributed by atoms with Gasteiger partial charge in [-0.15, -0.1) is 11.8 Å². The molecule has 4 saturated carbocycles. The number of rotatable bonds is 5. The van der Waals surface area contributed by atoms with Crippen LogP contribution in [-0.2, 0) is 0 Å². The van der Waals surface area contributed by atoms with E-state index in [1.54, 1.807) is 0 Å². The van der Waals surface area contributed by atoms with Gasteiger partial charge in [0.2, 0.25) is 0 Å². The van der Waals surface area contributed by atoms with E-state index >= 15 is 0 Å². The van der Waals surface area contributed by atoms with E-state index in [0.29, 0.717) is 6.04 Å². The average Bonchev–Trinajstić information content (AvgIpc) is 2.25. The molecule has 2 nitrogen and oxygen atoms in total. The molecular formula is C14H25NOS. The van der Waals surface area contributed by atoms with Crippen molar-refractivity contribution in [3.8, 4) is 0 Å². The highest BCUT2D eigenvalue weighted by Crippen LogP contribution is 2.55. The molecule has 0 aromatic carbocycles. The van der Waals surface area contributed by atoms with Crippen molar-refractivity contribution in [2.75, 3.05) is 11.6 Å². The normalized spacial score (nSPS) is 47.6. The summed E-state index contributed by atoms with van der Waals surface area (Å²) in [6.45, 7) is 2.23. The van der Waals surface area contributed by atoms with Gasteiger partial charge in [0, 0.05) is 11.9 Å². The molecule has 0 spiro atoms. The Hall–Kier alpha value is 0.270. The third-order valence-corrected chi connectivity index (χ3v) is 6.09. The third kappa shape index (κ3) is 2.26. The SMILES string of the molecule is CCCSCNC1C2CC3CC(C2)CC1(O)C3. The highest BCUT2D eigenvalue weighted by molar-refractivity contribution is 7.99. The van der Waals surface area contributed by atoms with Crippen LogP contribution in [0.4, 0.5) is 0 Å². The summed E-state index contributed by atoms with van der Waals surface area (Å²) in [6.07, 6.45) is 7.51. The summed E-state index contributed by atoms with van der Waals surface area (Å²) in [7, 11) is 0. The minimum atomic E-state index is -0.360. The van der Waals surface area contributed by atoms with Crippen LogP contribution in [0, 0.1) is 17.8 Å². The van der Waals surface area contributed by atoms with Gasteiger partial charge in [0.1, 0.15) is 0 Å². The molecule has 17 heavy (non-hydrogen) atoms. The van der Waals surface area contributed by atoms with Gasteiger partial charge in [-0.1, -0.05) is 6.92 Å². The summed E-state index contributed by atoms with van der Waals surface area (Å²) < 4.78 is 0. The van der Waals surface area contributed by atoms with E-state index in [4.69, 9.17) is 0 Å². The van der Waals surface area contributed by atoms with Crippen molar-refractivity contribution in [2.45, 2.75) is 57.1 Å². The molecule has 0 aromatic rings. The van der Waals surface area contributed by atoms with E-state index in [9.17, 15) is 5.11 Å². The van der Waals surface area contributed by atoms with Gasteiger partial charge < -0.3 is 10.4 Å². The van der Waals surface area contributed by atoms with Crippen LogP contribution in [0.25, 0.3) is 0 Å². The molecule has 3 unspecified atom stereocenters. The Bertz CT molecular complexity index is 269. The highest BCUT2D eigenvalue weighted by atomic mass is 32.2. The minimum absolute atomic E-state index is 0.360. The predicted octanol–water partition coefficient (Wildman–Crippen LogP) is 2.62. The highest BCUT2D eigenvalue weighted by Gasteiger charge is 2.56. The maximum absolute atomic E-state index is 10.8. The van der Waals surface area contributed by atoms with Crippen molar-refractivity contribution in [1.29, 1.82) is 0 Å². The summed E-state index contributed by atoms with van der Waals surface area (Å²) in [4.78, 5) is 0. The average molecular weight is 255 g/mol. The largest absolute Gasteiger partial charge is 0.388 e. The fraction of sp³-hybridized carbons (Fsp3) is 1.00. The summed E-state index contributed by atoms with van der Waals surface area (Å²) in [5.74, 6) is 4.67. The summed E-state index contributed by atoms with van der Waals surface area (Å²) in [5.41, 5.74) is -0.360. The minimum Gasteiger partial charge on any atom is -0.388 e. The maximum atomic E-state index is 10.8. The van der Waals surface area contributed by atoms with Crippen molar-refractivity contribution in [3.63, 3.8) is 0 Å². The molecule has 4 rings (SSSR count). The molecule has 0 amide bonds. The fourth-order valence-corrected chi connectivity index (χ4v) is 5.45. The fourth-order valence-electron chi connectivity index (χ4n) is 4.72. The first-order chi connectivity index (χ1) is 8.21. The predicted molar refractivity (Wildman–Crippen MR) is 73.0 cm³/mol. The van der Waals surface area contributed by atoms with Crippen LogP contribution in [-0.4, -0.2) is 28.4 Å². The van der Waals surface area contributed by atoms with Gasteiger partial charge in [-0.2, -0.15) is 0 Å². The van der Waals surface area contributed by atoms with Crippen LogP contribution in [0.5, 0.6) is 0 Å². The lowest BCUT2D eigenvalue weighted by atomic mass is 9.52. The summed E-state index contributed by atoms with van der Waals surface area (Å²) in [5, 5.41) is 14.5. The first-order valence-corrected chi connectivity index (χ1v) is 8.40. The van der Waals surface area contributed by atoms with E-state index in [-0.39, 0.29) is 5.60 Å². The molecule has 98 valence electrons. The zero-order chi connectivity index (χ0) is 11.9. The molecule has 2 N–H and O–H groups in total. The summed E-state index contributed by atoms with van der Waals surface area (Å²) in [6, 6.07) is 0.389.